The predicted molar refractivity (Wildman–Crippen MR) is 105 cm³/mol. The summed E-state index contributed by atoms with van der Waals surface area (Å²) in [5, 5.41) is 2.98. The fraction of sp³-hybridized carbons (Fsp3) is 0.381. The molecule has 0 saturated carbocycles. The first-order chi connectivity index (χ1) is 13.6. The van der Waals surface area contributed by atoms with Crippen LogP contribution in [0.15, 0.2) is 36.4 Å². The van der Waals surface area contributed by atoms with Crippen LogP contribution in [0.25, 0.3) is 0 Å². The molecule has 7 heteroatoms. The van der Waals surface area contributed by atoms with Crippen molar-refractivity contribution in [3.05, 3.63) is 47.5 Å². The van der Waals surface area contributed by atoms with Gasteiger partial charge >= 0.3 is 0 Å². The van der Waals surface area contributed by atoms with E-state index in [0.717, 1.165) is 29.2 Å². The fourth-order valence-electron chi connectivity index (χ4n) is 3.18. The summed E-state index contributed by atoms with van der Waals surface area (Å²) in [6.07, 6.45) is 0. The molecule has 2 unspecified atom stereocenters. The van der Waals surface area contributed by atoms with Gasteiger partial charge in [0.15, 0.2) is 11.5 Å². The molecule has 1 amide bonds. The summed E-state index contributed by atoms with van der Waals surface area (Å²) in [6, 6.07) is 11.2. The Morgan fingerprint density at radius 3 is 2.36 bits per heavy atom. The lowest BCUT2D eigenvalue weighted by molar-refractivity contribution is -0.121. The second-order valence-corrected chi connectivity index (χ2v) is 6.54. The van der Waals surface area contributed by atoms with Crippen LogP contribution in [0, 0.1) is 0 Å². The highest BCUT2D eigenvalue weighted by Gasteiger charge is 2.40. The first-order valence-electron chi connectivity index (χ1n) is 9.03. The lowest BCUT2D eigenvalue weighted by atomic mass is 10.2. The number of nitrogens with zero attached hydrogens (tertiary/aromatic N) is 1. The molecule has 1 N–H and O–H groups in total. The number of hydrogen-bond acceptors (Lipinski definition) is 6. The molecule has 28 heavy (non-hydrogen) atoms. The van der Waals surface area contributed by atoms with E-state index in [4.69, 9.17) is 18.9 Å². The molecule has 2 atom stereocenters. The minimum atomic E-state index is -0.131. The van der Waals surface area contributed by atoms with Gasteiger partial charge in [-0.3, -0.25) is 9.69 Å². The third-order valence-corrected chi connectivity index (χ3v) is 4.75. The molecule has 0 aromatic heterocycles. The number of rotatable bonds is 9. The van der Waals surface area contributed by atoms with Gasteiger partial charge in [-0.05, 0) is 23.8 Å². The largest absolute Gasteiger partial charge is 0.497 e. The van der Waals surface area contributed by atoms with Gasteiger partial charge in [-0.1, -0.05) is 12.1 Å². The SMILES string of the molecule is COc1cc(CN2CC2C(=O)NCc2cccc(OC)c2OC)cc(OC)c1. The quantitative estimate of drug-likeness (QED) is 0.667. The molecule has 7 nitrogen and oxygen atoms in total. The summed E-state index contributed by atoms with van der Waals surface area (Å²) in [7, 11) is 6.43. The van der Waals surface area contributed by atoms with Crippen LogP contribution in [-0.2, 0) is 17.9 Å². The van der Waals surface area contributed by atoms with Crippen LogP contribution in [-0.4, -0.2) is 51.8 Å². The van der Waals surface area contributed by atoms with Crippen molar-refractivity contribution in [2.24, 2.45) is 0 Å². The van der Waals surface area contributed by atoms with E-state index in [2.05, 4.69) is 10.2 Å². The molecule has 0 bridgehead atoms. The van der Waals surface area contributed by atoms with Gasteiger partial charge in [0.25, 0.3) is 0 Å². The minimum Gasteiger partial charge on any atom is -0.497 e. The van der Waals surface area contributed by atoms with Crippen molar-refractivity contribution >= 4 is 5.91 Å². The molecular formula is C21H26N2O5. The number of methoxy groups -OCH3 is 4. The normalized spacial score (nSPS) is 17.6. The standard InChI is InChI=1S/C21H26N2O5/c1-25-16-8-14(9-17(10-16)26-2)12-23-13-18(23)21(24)22-11-15-6-5-7-19(27-3)20(15)28-4/h5-10,18H,11-13H2,1-4H3,(H,22,24). The van der Waals surface area contributed by atoms with Crippen LogP contribution in [0.5, 0.6) is 23.0 Å². The second kappa shape index (κ2) is 8.84. The van der Waals surface area contributed by atoms with Crippen LogP contribution in [0.1, 0.15) is 11.1 Å². The molecule has 1 fully saturated rings. The van der Waals surface area contributed by atoms with Gasteiger partial charge in [0.1, 0.15) is 17.5 Å². The van der Waals surface area contributed by atoms with Crippen molar-refractivity contribution in [1.29, 1.82) is 0 Å². The van der Waals surface area contributed by atoms with Gasteiger partial charge in [-0.2, -0.15) is 0 Å². The maximum Gasteiger partial charge on any atom is 0.238 e. The zero-order valence-corrected chi connectivity index (χ0v) is 16.7. The number of hydrogen-bond donors (Lipinski definition) is 1. The summed E-state index contributed by atoms with van der Waals surface area (Å²) in [5.74, 6) is 2.76. The molecule has 1 aliphatic heterocycles. The Kier molecular flexibility index (Phi) is 6.26. The summed E-state index contributed by atoms with van der Waals surface area (Å²) in [4.78, 5) is 14.6. The number of amides is 1. The van der Waals surface area contributed by atoms with Crippen molar-refractivity contribution in [1.82, 2.24) is 10.2 Å². The first-order valence-corrected chi connectivity index (χ1v) is 9.03. The smallest absolute Gasteiger partial charge is 0.238 e. The average molecular weight is 386 g/mol. The highest BCUT2D eigenvalue weighted by atomic mass is 16.5. The molecule has 0 radical (unpaired) electrons. The maximum atomic E-state index is 12.5. The van der Waals surface area contributed by atoms with E-state index in [1.54, 1.807) is 28.4 Å². The van der Waals surface area contributed by atoms with Crippen molar-refractivity contribution in [2.45, 2.75) is 19.1 Å². The molecule has 1 saturated heterocycles. The van der Waals surface area contributed by atoms with E-state index in [1.165, 1.54) is 0 Å². The minimum absolute atomic E-state index is 0.000246. The molecule has 1 aliphatic rings. The van der Waals surface area contributed by atoms with E-state index in [0.29, 0.717) is 24.6 Å². The van der Waals surface area contributed by atoms with Gasteiger partial charge < -0.3 is 24.3 Å². The van der Waals surface area contributed by atoms with E-state index in [-0.39, 0.29) is 11.9 Å². The van der Waals surface area contributed by atoms with Crippen molar-refractivity contribution < 1.29 is 23.7 Å². The average Bonchev–Trinajstić information content (AvgIpc) is 3.50. The fourth-order valence-corrected chi connectivity index (χ4v) is 3.18. The lowest BCUT2D eigenvalue weighted by Crippen LogP contribution is -2.29. The number of nitrogens with one attached hydrogen (secondary N) is 1. The monoisotopic (exact) mass is 386 g/mol. The molecule has 2 aromatic rings. The van der Waals surface area contributed by atoms with E-state index < -0.39 is 0 Å². The molecular weight excluding hydrogens is 360 g/mol. The van der Waals surface area contributed by atoms with Gasteiger partial charge in [-0.25, -0.2) is 0 Å². The Morgan fingerprint density at radius 2 is 1.75 bits per heavy atom. The molecule has 0 spiro atoms. The molecule has 2 aromatic carbocycles. The Hall–Kier alpha value is -2.93. The molecule has 0 aliphatic carbocycles. The summed E-state index contributed by atoms with van der Waals surface area (Å²) in [6.45, 7) is 1.77. The molecule has 1 heterocycles. The van der Waals surface area contributed by atoms with Crippen LogP contribution in [0.4, 0.5) is 0 Å². The van der Waals surface area contributed by atoms with E-state index >= 15 is 0 Å². The summed E-state index contributed by atoms with van der Waals surface area (Å²) >= 11 is 0. The molecule has 3 rings (SSSR count). The van der Waals surface area contributed by atoms with Crippen LogP contribution in [0.2, 0.25) is 0 Å². The van der Waals surface area contributed by atoms with Gasteiger partial charge in [0.2, 0.25) is 5.91 Å². The Labute approximate surface area is 165 Å². The van der Waals surface area contributed by atoms with Crippen molar-refractivity contribution in [2.75, 3.05) is 35.0 Å². The summed E-state index contributed by atoms with van der Waals surface area (Å²) < 4.78 is 21.3. The molecule has 150 valence electrons. The van der Waals surface area contributed by atoms with Crippen LogP contribution < -0.4 is 24.3 Å². The third kappa shape index (κ3) is 4.48. The number of carbonyl (C=O) groups excluding carboxylic acids is 1. The highest BCUT2D eigenvalue weighted by Crippen LogP contribution is 2.31. The van der Waals surface area contributed by atoms with Crippen LogP contribution >= 0.6 is 0 Å². The second-order valence-electron chi connectivity index (χ2n) is 6.54. The Bertz CT molecular complexity index is 817. The third-order valence-electron chi connectivity index (χ3n) is 4.75. The van der Waals surface area contributed by atoms with Gasteiger partial charge in [0, 0.05) is 31.3 Å². The number of para-hydroxylation sites is 1. The number of ether oxygens (including phenoxy) is 4. The zero-order chi connectivity index (χ0) is 20.1. The van der Waals surface area contributed by atoms with E-state index in [1.807, 2.05) is 36.4 Å². The number of benzene rings is 2. The first kappa shape index (κ1) is 19.8. The lowest BCUT2D eigenvalue weighted by Gasteiger charge is -2.13. The Morgan fingerprint density at radius 1 is 1.04 bits per heavy atom. The van der Waals surface area contributed by atoms with Crippen molar-refractivity contribution in [3.63, 3.8) is 0 Å². The Balaban J connectivity index is 1.57. The maximum absolute atomic E-state index is 12.5. The van der Waals surface area contributed by atoms with E-state index in [9.17, 15) is 4.79 Å². The van der Waals surface area contributed by atoms with Crippen molar-refractivity contribution in [3.8, 4) is 23.0 Å². The number of carbonyl (C=O) groups is 1. The van der Waals surface area contributed by atoms with Gasteiger partial charge in [0.05, 0.1) is 28.4 Å². The van der Waals surface area contributed by atoms with Crippen LogP contribution in [0.3, 0.4) is 0 Å². The zero-order valence-electron chi connectivity index (χ0n) is 16.7. The highest BCUT2D eigenvalue weighted by molar-refractivity contribution is 5.84. The topological polar surface area (TPSA) is 69.0 Å². The van der Waals surface area contributed by atoms with Gasteiger partial charge in [-0.15, -0.1) is 0 Å². The predicted octanol–water partition coefficient (Wildman–Crippen LogP) is 2.22. The summed E-state index contributed by atoms with van der Waals surface area (Å²) in [5.41, 5.74) is 1.92.